The smallest absolute Gasteiger partial charge is 0.338 e. The highest BCUT2D eigenvalue weighted by atomic mass is 32.2. The number of carbonyl (C=O) groups excluding carboxylic acids is 1. The SMILES string of the molecule is CSc1ccc(COC(=O)c2ccc(N3CCC[C@@H](C)C3)c([N+](=O)[O-])c2)cc1. The topological polar surface area (TPSA) is 72.7 Å². The van der Waals surface area contributed by atoms with Crippen molar-refractivity contribution in [3.63, 3.8) is 0 Å². The lowest BCUT2D eigenvalue weighted by molar-refractivity contribution is -0.384. The van der Waals surface area contributed by atoms with Gasteiger partial charge in [0.05, 0.1) is 10.5 Å². The molecule has 7 heteroatoms. The van der Waals surface area contributed by atoms with Crippen molar-refractivity contribution in [3.8, 4) is 0 Å². The lowest BCUT2D eigenvalue weighted by Crippen LogP contribution is -2.34. The summed E-state index contributed by atoms with van der Waals surface area (Å²) in [5.74, 6) is -0.0638. The number of thioether (sulfide) groups is 1. The average molecular weight is 401 g/mol. The number of esters is 1. The fraction of sp³-hybridized carbons (Fsp3) is 0.381. The molecule has 148 valence electrons. The van der Waals surface area contributed by atoms with Crippen molar-refractivity contribution in [2.45, 2.75) is 31.3 Å². The van der Waals surface area contributed by atoms with Crippen molar-refractivity contribution in [2.24, 2.45) is 5.92 Å². The molecule has 1 fully saturated rings. The second kappa shape index (κ2) is 9.10. The monoisotopic (exact) mass is 400 g/mol. The number of piperidine rings is 1. The molecule has 0 radical (unpaired) electrons. The third-order valence-corrected chi connectivity index (χ3v) is 5.68. The summed E-state index contributed by atoms with van der Waals surface area (Å²) in [6, 6.07) is 12.3. The molecular formula is C21H24N2O4S. The maximum Gasteiger partial charge on any atom is 0.338 e. The summed E-state index contributed by atoms with van der Waals surface area (Å²) < 4.78 is 5.34. The fourth-order valence-corrected chi connectivity index (χ4v) is 3.83. The van der Waals surface area contributed by atoms with Gasteiger partial charge in [0.2, 0.25) is 0 Å². The van der Waals surface area contributed by atoms with E-state index in [4.69, 9.17) is 4.74 Å². The largest absolute Gasteiger partial charge is 0.457 e. The summed E-state index contributed by atoms with van der Waals surface area (Å²) in [7, 11) is 0. The third-order valence-electron chi connectivity index (χ3n) is 4.93. The summed E-state index contributed by atoms with van der Waals surface area (Å²) in [6.45, 7) is 3.86. The molecule has 3 rings (SSSR count). The van der Waals surface area contributed by atoms with E-state index in [-0.39, 0.29) is 17.9 Å². The second-order valence-electron chi connectivity index (χ2n) is 7.08. The Balaban J connectivity index is 1.73. The van der Waals surface area contributed by atoms with Crippen LogP contribution in [0.15, 0.2) is 47.4 Å². The van der Waals surface area contributed by atoms with Gasteiger partial charge in [-0.05, 0) is 54.8 Å². The standard InChI is InChI=1S/C21H24N2O4S/c1-15-4-3-11-22(13-15)19-10-7-17(12-20(19)23(25)26)21(24)27-14-16-5-8-18(28-2)9-6-16/h5-10,12,15H,3-4,11,13-14H2,1-2H3/t15-/m1/s1. The Kier molecular flexibility index (Phi) is 6.57. The Labute approximate surface area is 169 Å². The number of hydrogen-bond acceptors (Lipinski definition) is 6. The van der Waals surface area contributed by atoms with Crippen molar-refractivity contribution in [1.82, 2.24) is 0 Å². The van der Waals surface area contributed by atoms with Gasteiger partial charge in [-0.2, -0.15) is 0 Å². The van der Waals surface area contributed by atoms with Gasteiger partial charge >= 0.3 is 5.97 Å². The van der Waals surface area contributed by atoms with Gasteiger partial charge in [0.15, 0.2) is 0 Å². The Morgan fingerprint density at radius 2 is 2.04 bits per heavy atom. The Hall–Kier alpha value is -2.54. The number of ether oxygens (including phenoxy) is 1. The normalized spacial score (nSPS) is 16.6. The van der Waals surface area contributed by atoms with E-state index in [1.165, 1.54) is 6.07 Å². The van der Waals surface area contributed by atoms with Crippen LogP contribution >= 0.6 is 11.8 Å². The van der Waals surface area contributed by atoms with E-state index in [1.807, 2.05) is 35.4 Å². The molecule has 0 saturated carbocycles. The first-order chi connectivity index (χ1) is 13.5. The van der Waals surface area contributed by atoms with Crippen molar-refractivity contribution < 1.29 is 14.5 Å². The van der Waals surface area contributed by atoms with E-state index in [0.717, 1.165) is 36.4 Å². The number of benzene rings is 2. The molecule has 0 aliphatic carbocycles. The molecule has 0 N–H and O–H groups in total. The van der Waals surface area contributed by atoms with Gasteiger partial charge in [-0.25, -0.2) is 4.79 Å². The fourth-order valence-electron chi connectivity index (χ4n) is 3.43. The van der Waals surface area contributed by atoms with Gasteiger partial charge in [-0.1, -0.05) is 19.1 Å². The van der Waals surface area contributed by atoms with Crippen LogP contribution in [0.2, 0.25) is 0 Å². The molecule has 0 amide bonds. The predicted octanol–water partition coefficient (Wildman–Crippen LogP) is 4.91. The Bertz CT molecular complexity index is 854. The minimum absolute atomic E-state index is 0.0483. The molecule has 1 atom stereocenters. The molecule has 0 spiro atoms. The predicted molar refractivity (Wildman–Crippen MR) is 111 cm³/mol. The zero-order chi connectivity index (χ0) is 20.1. The van der Waals surface area contributed by atoms with Gasteiger partial charge in [-0.15, -0.1) is 11.8 Å². The quantitative estimate of drug-likeness (QED) is 0.297. The van der Waals surface area contributed by atoms with E-state index in [0.29, 0.717) is 11.6 Å². The molecule has 1 heterocycles. The molecule has 0 aromatic heterocycles. The molecule has 0 unspecified atom stereocenters. The highest BCUT2D eigenvalue weighted by molar-refractivity contribution is 7.98. The van der Waals surface area contributed by atoms with Gasteiger partial charge < -0.3 is 9.64 Å². The van der Waals surface area contributed by atoms with Crippen LogP contribution in [0.5, 0.6) is 0 Å². The minimum Gasteiger partial charge on any atom is -0.457 e. The van der Waals surface area contributed by atoms with Crippen LogP contribution in [0.25, 0.3) is 0 Å². The van der Waals surface area contributed by atoms with E-state index in [2.05, 4.69) is 6.92 Å². The Morgan fingerprint density at radius 1 is 1.29 bits per heavy atom. The van der Waals surface area contributed by atoms with Gasteiger partial charge in [0, 0.05) is 24.1 Å². The van der Waals surface area contributed by atoms with E-state index >= 15 is 0 Å². The maximum atomic E-state index is 12.4. The van der Waals surface area contributed by atoms with E-state index in [9.17, 15) is 14.9 Å². The summed E-state index contributed by atoms with van der Waals surface area (Å²) in [5.41, 5.74) is 1.59. The third kappa shape index (κ3) is 4.84. The van der Waals surface area contributed by atoms with Crippen LogP contribution < -0.4 is 4.90 Å². The first-order valence-corrected chi connectivity index (χ1v) is 10.5. The van der Waals surface area contributed by atoms with Crippen molar-refractivity contribution in [3.05, 3.63) is 63.7 Å². The van der Waals surface area contributed by atoms with Gasteiger partial charge in [0.1, 0.15) is 12.3 Å². The highest BCUT2D eigenvalue weighted by Crippen LogP contribution is 2.32. The van der Waals surface area contributed by atoms with Crippen LogP contribution in [0.3, 0.4) is 0 Å². The molecule has 28 heavy (non-hydrogen) atoms. The van der Waals surface area contributed by atoms with Crippen LogP contribution in [-0.4, -0.2) is 30.2 Å². The van der Waals surface area contributed by atoms with Crippen molar-refractivity contribution in [1.29, 1.82) is 0 Å². The summed E-state index contributed by atoms with van der Waals surface area (Å²) in [6.07, 6.45) is 4.14. The van der Waals surface area contributed by atoms with Crippen LogP contribution in [-0.2, 0) is 11.3 Å². The molecule has 1 aliphatic rings. The summed E-state index contributed by atoms with van der Waals surface area (Å²) in [5, 5.41) is 11.6. The molecule has 2 aromatic carbocycles. The number of nitro benzene ring substituents is 1. The summed E-state index contributed by atoms with van der Waals surface area (Å²) in [4.78, 5) is 26.7. The number of rotatable bonds is 6. The van der Waals surface area contributed by atoms with Crippen molar-refractivity contribution in [2.75, 3.05) is 24.2 Å². The van der Waals surface area contributed by atoms with Gasteiger partial charge in [0.25, 0.3) is 5.69 Å². The Morgan fingerprint density at radius 3 is 2.68 bits per heavy atom. The highest BCUT2D eigenvalue weighted by Gasteiger charge is 2.25. The number of nitrogens with zero attached hydrogens (tertiary/aromatic N) is 2. The lowest BCUT2D eigenvalue weighted by Gasteiger charge is -2.32. The van der Waals surface area contributed by atoms with Crippen LogP contribution in [0, 0.1) is 16.0 Å². The number of anilines is 1. The van der Waals surface area contributed by atoms with Crippen molar-refractivity contribution >= 4 is 29.1 Å². The van der Waals surface area contributed by atoms with Gasteiger partial charge in [-0.3, -0.25) is 10.1 Å². The second-order valence-corrected chi connectivity index (χ2v) is 7.96. The van der Waals surface area contributed by atoms with E-state index in [1.54, 1.807) is 23.9 Å². The number of carbonyl (C=O) groups is 1. The molecule has 1 saturated heterocycles. The lowest BCUT2D eigenvalue weighted by atomic mass is 9.99. The number of hydrogen-bond donors (Lipinski definition) is 0. The molecule has 0 bridgehead atoms. The number of nitro groups is 1. The maximum absolute atomic E-state index is 12.4. The minimum atomic E-state index is -0.560. The average Bonchev–Trinajstić information content (AvgIpc) is 2.72. The van der Waals surface area contributed by atoms with E-state index < -0.39 is 10.9 Å². The molecule has 1 aliphatic heterocycles. The molecular weight excluding hydrogens is 376 g/mol. The molecule has 6 nitrogen and oxygen atoms in total. The van der Waals surface area contributed by atoms with Crippen LogP contribution in [0.4, 0.5) is 11.4 Å². The molecule has 2 aromatic rings. The first kappa shape index (κ1) is 20.2. The first-order valence-electron chi connectivity index (χ1n) is 9.31. The summed E-state index contributed by atoms with van der Waals surface area (Å²) >= 11 is 1.64. The zero-order valence-corrected chi connectivity index (χ0v) is 16.9. The zero-order valence-electron chi connectivity index (χ0n) is 16.1. The van der Waals surface area contributed by atoms with Crippen LogP contribution in [0.1, 0.15) is 35.7 Å².